The monoisotopic (exact) mass is 113 g/mol. The van der Waals surface area contributed by atoms with Gasteiger partial charge in [0.15, 0.2) is 0 Å². The number of hydrogen-bond acceptors (Lipinski definition) is 1. The van der Waals surface area contributed by atoms with E-state index in [0.717, 1.165) is 18.4 Å². The largest absolute Gasteiger partial charge is 0.317 e. The van der Waals surface area contributed by atoms with E-state index < -0.39 is 0 Å². The lowest BCUT2D eigenvalue weighted by atomic mass is 10.3. The van der Waals surface area contributed by atoms with Gasteiger partial charge >= 0.3 is 0 Å². The topological polar surface area (TPSA) is 12.0 Å². The van der Waals surface area contributed by atoms with Gasteiger partial charge in [0.1, 0.15) is 0 Å². The van der Waals surface area contributed by atoms with Crippen LogP contribution in [-0.4, -0.2) is 13.1 Å². The first-order chi connectivity index (χ1) is 3.84. The van der Waals surface area contributed by atoms with E-state index in [2.05, 4.69) is 19.2 Å². The van der Waals surface area contributed by atoms with Gasteiger partial charge in [-0.2, -0.15) is 0 Å². The summed E-state index contributed by atoms with van der Waals surface area (Å²) in [6.07, 6.45) is 1.45. The number of nitrogens with one attached hydrogen (secondary N) is 1. The van der Waals surface area contributed by atoms with E-state index in [1.54, 1.807) is 0 Å². The van der Waals surface area contributed by atoms with Crippen LogP contribution in [0.25, 0.3) is 0 Å². The smallest absolute Gasteiger partial charge is 0.00180 e. The Balaban J connectivity index is 1.89. The van der Waals surface area contributed by atoms with Crippen molar-refractivity contribution in [2.24, 2.45) is 11.8 Å². The fraction of sp³-hybridized carbons (Fsp3) is 1.00. The van der Waals surface area contributed by atoms with Crippen molar-refractivity contribution in [3.8, 4) is 0 Å². The molecule has 1 aliphatic rings. The Morgan fingerprint density at radius 3 is 2.62 bits per heavy atom. The van der Waals surface area contributed by atoms with Gasteiger partial charge in [0.05, 0.1) is 0 Å². The summed E-state index contributed by atoms with van der Waals surface area (Å²) in [5.74, 6) is 2.02. The summed E-state index contributed by atoms with van der Waals surface area (Å²) in [4.78, 5) is 0. The van der Waals surface area contributed by atoms with Gasteiger partial charge < -0.3 is 5.32 Å². The molecule has 1 N–H and O–H groups in total. The summed E-state index contributed by atoms with van der Waals surface area (Å²) in [5.41, 5.74) is 0. The van der Waals surface area contributed by atoms with Gasteiger partial charge in [-0.15, -0.1) is 0 Å². The van der Waals surface area contributed by atoms with Gasteiger partial charge in [0.2, 0.25) is 0 Å². The van der Waals surface area contributed by atoms with Crippen LogP contribution in [0.4, 0.5) is 0 Å². The molecule has 0 heterocycles. The number of hydrogen-bond donors (Lipinski definition) is 1. The van der Waals surface area contributed by atoms with Gasteiger partial charge in [-0.25, -0.2) is 0 Å². The zero-order valence-electron chi connectivity index (χ0n) is 5.78. The summed E-state index contributed by atoms with van der Waals surface area (Å²) in [6.45, 7) is 6.86. The fourth-order valence-electron chi connectivity index (χ4n) is 1.01. The lowest BCUT2D eigenvalue weighted by Crippen LogP contribution is -2.15. The molecule has 48 valence electrons. The van der Waals surface area contributed by atoms with Crippen molar-refractivity contribution in [3.05, 3.63) is 0 Å². The maximum atomic E-state index is 3.34. The van der Waals surface area contributed by atoms with E-state index in [0.29, 0.717) is 0 Å². The molecule has 0 bridgehead atoms. The predicted molar refractivity (Wildman–Crippen MR) is 35.8 cm³/mol. The average molecular weight is 113 g/mol. The van der Waals surface area contributed by atoms with Crippen molar-refractivity contribution in [1.82, 2.24) is 5.32 Å². The van der Waals surface area contributed by atoms with Crippen LogP contribution in [0.2, 0.25) is 0 Å². The molecule has 0 saturated heterocycles. The van der Waals surface area contributed by atoms with Gasteiger partial charge in [-0.1, -0.05) is 13.8 Å². The van der Waals surface area contributed by atoms with Crippen molar-refractivity contribution >= 4 is 0 Å². The van der Waals surface area contributed by atoms with Crippen LogP contribution in [0.3, 0.4) is 0 Å². The zero-order chi connectivity index (χ0) is 5.98. The van der Waals surface area contributed by atoms with Crippen LogP contribution in [0.5, 0.6) is 0 Å². The molecule has 1 fully saturated rings. The van der Waals surface area contributed by atoms with Crippen molar-refractivity contribution in [1.29, 1.82) is 0 Å². The predicted octanol–water partition coefficient (Wildman–Crippen LogP) is 1.25. The van der Waals surface area contributed by atoms with E-state index in [1.807, 2.05) is 0 Å². The highest BCUT2D eigenvalue weighted by Gasteiger charge is 2.31. The molecule has 1 aliphatic carbocycles. The quantitative estimate of drug-likeness (QED) is 0.581. The molecular weight excluding hydrogens is 98.1 g/mol. The molecule has 0 aromatic rings. The second-order valence-electron chi connectivity index (χ2n) is 2.78. The second-order valence-corrected chi connectivity index (χ2v) is 2.78. The van der Waals surface area contributed by atoms with E-state index >= 15 is 0 Å². The Morgan fingerprint density at radius 1 is 1.62 bits per heavy atom. The Hall–Kier alpha value is -0.0400. The average Bonchev–Trinajstić information content (AvgIpc) is 2.42. The summed E-state index contributed by atoms with van der Waals surface area (Å²) in [6, 6.07) is 0. The minimum Gasteiger partial charge on any atom is -0.317 e. The summed E-state index contributed by atoms with van der Waals surface area (Å²) >= 11 is 0. The molecule has 2 unspecified atom stereocenters. The van der Waals surface area contributed by atoms with E-state index in [-0.39, 0.29) is 0 Å². The van der Waals surface area contributed by atoms with Crippen LogP contribution in [0, 0.1) is 11.8 Å². The van der Waals surface area contributed by atoms with Crippen molar-refractivity contribution in [2.45, 2.75) is 20.3 Å². The van der Waals surface area contributed by atoms with Gasteiger partial charge in [0.25, 0.3) is 0 Å². The maximum absolute atomic E-state index is 3.34. The Kier molecular flexibility index (Phi) is 1.90. The minimum absolute atomic E-state index is 1.01. The van der Waals surface area contributed by atoms with E-state index in [1.165, 1.54) is 13.0 Å². The molecule has 1 heteroatoms. The normalized spacial score (nSPS) is 35.2. The molecule has 0 amide bonds. The Labute approximate surface area is 51.5 Å². The molecule has 1 rings (SSSR count). The van der Waals surface area contributed by atoms with E-state index in [9.17, 15) is 0 Å². The highest BCUT2D eigenvalue weighted by atomic mass is 14.9. The third-order valence-corrected chi connectivity index (χ3v) is 1.93. The SMILES string of the molecule is CCNCC1CC1C. The van der Waals surface area contributed by atoms with Crippen molar-refractivity contribution in [2.75, 3.05) is 13.1 Å². The van der Waals surface area contributed by atoms with Crippen LogP contribution in [0.15, 0.2) is 0 Å². The molecule has 0 aliphatic heterocycles. The molecule has 0 aromatic heterocycles. The molecule has 1 nitrogen and oxygen atoms in total. The fourth-order valence-corrected chi connectivity index (χ4v) is 1.01. The van der Waals surface area contributed by atoms with Crippen LogP contribution < -0.4 is 5.32 Å². The van der Waals surface area contributed by atoms with Gasteiger partial charge in [-0.3, -0.25) is 0 Å². The first-order valence-electron chi connectivity index (χ1n) is 3.55. The first kappa shape index (κ1) is 6.09. The number of rotatable bonds is 3. The van der Waals surface area contributed by atoms with Crippen molar-refractivity contribution in [3.63, 3.8) is 0 Å². The van der Waals surface area contributed by atoms with Gasteiger partial charge in [0, 0.05) is 0 Å². The van der Waals surface area contributed by atoms with Crippen LogP contribution in [-0.2, 0) is 0 Å². The van der Waals surface area contributed by atoms with E-state index in [4.69, 9.17) is 0 Å². The molecule has 2 atom stereocenters. The Morgan fingerprint density at radius 2 is 2.25 bits per heavy atom. The third-order valence-electron chi connectivity index (χ3n) is 1.93. The lowest BCUT2D eigenvalue weighted by Gasteiger charge is -1.95. The highest BCUT2D eigenvalue weighted by molar-refractivity contribution is 4.83. The minimum atomic E-state index is 1.01. The van der Waals surface area contributed by atoms with Gasteiger partial charge in [-0.05, 0) is 31.3 Å². The molecular formula is C7H15N. The second kappa shape index (κ2) is 2.49. The molecule has 1 saturated carbocycles. The molecule has 0 aromatic carbocycles. The standard InChI is InChI=1S/C7H15N/c1-3-8-5-7-4-6(7)2/h6-8H,3-5H2,1-2H3. The highest BCUT2D eigenvalue weighted by Crippen LogP contribution is 2.36. The molecule has 0 spiro atoms. The van der Waals surface area contributed by atoms with Crippen LogP contribution >= 0.6 is 0 Å². The maximum Gasteiger partial charge on any atom is -0.00180 e. The molecule has 8 heavy (non-hydrogen) atoms. The summed E-state index contributed by atoms with van der Waals surface area (Å²) < 4.78 is 0. The molecule has 0 radical (unpaired) electrons. The summed E-state index contributed by atoms with van der Waals surface area (Å²) in [5, 5.41) is 3.34. The lowest BCUT2D eigenvalue weighted by molar-refractivity contribution is 0.631. The first-order valence-corrected chi connectivity index (χ1v) is 3.55. The Bertz CT molecular complexity index is 70.8. The van der Waals surface area contributed by atoms with Crippen molar-refractivity contribution < 1.29 is 0 Å². The summed E-state index contributed by atoms with van der Waals surface area (Å²) in [7, 11) is 0. The zero-order valence-corrected chi connectivity index (χ0v) is 5.78. The third kappa shape index (κ3) is 1.48. The van der Waals surface area contributed by atoms with Crippen LogP contribution in [0.1, 0.15) is 20.3 Å².